The summed E-state index contributed by atoms with van der Waals surface area (Å²) in [6.45, 7) is 0. The summed E-state index contributed by atoms with van der Waals surface area (Å²) in [5.41, 5.74) is 0.0457. The van der Waals surface area contributed by atoms with Gasteiger partial charge in [-0.15, -0.1) is 11.3 Å². The van der Waals surface area contributed by atoms with Gasteiger partial charge < -0.3 is 5.32 Å². The number of anilines is 1. The number of rotatable bonds is 4. The average Bonchev–Trinajstić information content (AvgIpc) is 3.22. The van der Waals surface area contributed by atoms with Crippen molar-refractivity contribution in [1.29, 1.82) is 0 Å². The quantitative estimate of drug-likeness (QED) is 0.411. The van der Waals surface area contributed by atoms with Crippen LogP contribution in [0.1, 0.15) is 15.4 Å². The Labute approximate surface area is 158 Å². The number of benzene rings is 1. The number of nitrogens with one attached hydrogen (secondary N) is 1. The second kappa shape index (κ2) is 7.16. The molecular weight excluding hydrogens is 466 g/mol. The van der Waals surface area contributed by atoms with Gasteiger partial charge in [-0.3, -0.25) is 4.79 Å². The van der Waals surface area contributed by atoms with E-state index < -0.39 is 11.9 Å². The Morgan fingerprint density at radius 3 is 2.52 bits per heavy atom. The van der Waals surface area contributed by atoms with Gasteiger partial charge in [0.15, 0.2) is 0 Å². The molecule has 2 heterocycles. The van der Waals surface area contributed by atoms with Crippen molar-refractivity contribution in [2.75, 3.05) is 5.32 Å². The molecule has 0 atom stereocenters. The maximum atomic E-state index is 13.0. The van der Waals surface area contributed by atoms with Gasteiger partial charge in [0.1, 0.15) is 11.4 Å². The Bertz CT molecular complexity index is 890. The normalized spacial score (nSPS) is 11.5. The van der Waals surface area contributed by atoms with Crippen LogP contribution in [-0.2, 0) is 10.7 Å². The van der Waals surface area contributed by atoms with Crippen LogP contribution in [0.15, 0.2) is 48.5 Å². The molecule has 2 aromatic heterocycles. The molecule has 130 valence electrons. The smallest absolute Gasteiger partial charge is 0.321 e. The van der Waals surface area contributed by atoms with E-state index in [0.29, 0.717) is 15.4 Å². The number of halogens is 4. The summed E-state index contributed by atoms with van der Waals surface area (Å²) < 4.78 is 40.0. The Kier molecular flexibility index (Phi) is 5.13. The molecule has 25 heavy (non-hydrogen) atoms. The van der Waals surface area contributed by atoms with Gasteiger partial charge in [0, 0.05) is 5.69 Å². The zero-order chi connectivity index (χ0) is 18.0. The number of alkyl halides is 4. The van der Waals surface area contributed by atoms with Gasteiger partial charge in [-0.1, -0.05) is 40.8 Å². The van der Waals surface area contributed by atoms with E-state index in [0.717, 1.165) is 22.1 Å². The SMILES string of the molecule is O=C(Nc1ccccc1)c1ccc(-c2cc(C(F)(F)F)n(CI)n2)s1. The summed E-state index contributed by atoms with van der Waals surface area (Å²) in [5.74, 6) is -0.313. The third kappa shape index (κ3) is 4.03. The molecular formula is C16H11F3IN3OS. The molecule has 0 fully saturated rings. The summed E-state index contributed by atoms with van der Waals surface area (Å²) in [7, 11) is 0. The average molecular weight is 477 g/mol. The van der Waals surface area contributed by atoms with E-state index >= 15 is 0 Å². The van der Waals surface area contributed by atoms with Crippen molar-refractivity contribution >= 4 is 45.5 Å². The van der Waals surface area contributed by atoms with Gasteiger partial charge in [-0.2, -0.15) is 18.3 Å². The van der Waals surface area contributed by atoms with Crippen LogP contribution in [-0.4, -0.2) is 15.7 Å². The molecule has 0 aliphatic heterocycles. The number of aromatic nitrogens is 2. The Morgan fingerprint density at radius 2 is 1.92 bits per heavy atom. The van der Waals surface area contributed by atoms with Crippen molar-refractivity contribution in [3.8, 4) is 10.6 Å². The van der Waals surface area contributed by atoms with Crippen molar-refractivity contribution in [1.82, 2.24) is 9.78 Å². The molecule has 0 spiro atoms. The van der Waals surface area contributed by atoms with Crippen LogP contribution < -0.4 is 5.32 Å². The van der Waals surface area contributed by atoms with Gasteiger partial charge in [0.2, 0.25) is 0 Å². The molecule has 0 aliphatic carbocycles. The first kappa shape index (κ1) is 17.9. The molecule has 1 N–H and O–H groups in total. The van der Waals surface area contributed by atoms with Gasteiger partial charge in [-0.25, -0.2) is 4.68 Å². The number of nitrogens with zero attached hydrogens (tertiary/aromatic N) is 2. The Morgan fingerprint density at radius 1 is 1.20 bits per heavy atom. The fourth-order valence-corrected chi connectivity index (χ4v) is 3.55. The molecule has 4 nitrogen and oxygen atoms in total. The van der Waals surface area contributed by atoms with E-state index in [-0.39, 0.29) is 16.2 Å². The molecule has 0 unspecified atom stereocenters. The van der Waals surface area contributed by atoms with Gasteiger partial charge in [0.25, 0.3) is 5.91 Å². The molecule has 0 saturated heterocycles. The van der Waals surface area contributed by atoms with E-state index in [1.807, 2.05) is 28.7 Å². The Balaban J connectivity index is 1.84. The first-order valence-electron chi connectivity index (χ1n) is 7.06. The molecule has 1 amide bonds. The minimum atomic E-state index is -4.47. The van der Waals surface area contributed by atoms with Gasteiger partial charge in [0.05, 0.1) is 14.3 Å². The maximum Gasteiger partial charge on any atom is 0.433 e. The zero-order valence-corrected chi connectivity index (χ0v) is 15.5. The lowest BCUT2D eigenvalue weighted by Gasteiger charge is -2.06. The van der Waals surface area contributed by atoms with E-state index in [9.17, 15) is 18.0 Å². The fourth-order valence-electron chi connectivity index (χ4n) is 2.17. The monoisotopic (exact) mass is 477 g/mol. The van der Waals surface area contributed by atoms with Crippen LogP contribution in [0, 0.1) is 0 Å². The molecule has 0 aliphatic rings. The van der Waals surface area contributed by atoms with Crippen molar-refractivity contribution < 1.29 is 18.0 Å². The number of hydrogen-bond donors (Lipinski definition) is 1. The standard InChI is InChI=1S/C16H11F3IN3OS/c17-16(18,19)14-8-11(22-23(14)9-20)12-6-7-13(25-12)15(24)21-10-4-2-1-3-5-10/h1-8H,9H2,(H,21,24). The molecule has 0 radical (unpaired) electrons. The van der Waals surface area contributed by atoms with E-state index in [2.05, 4.69) is 10.4 Å². The number of hydrogen-bond acceptors (Lipinski definition) is 3. The third-order valence-electron chi connectivity index (χ3n) is 3.30. The van der Waals surface area contributed by atoms with Gasteiger partial charge >= 0.3 is 6.18 Å². The van der Waals surface area contributed by atoms with Crippen LogP contribution in [0.3, 0.4) is 0 Å². The number of amides is 1. The van der Waals surface area contributed by atoms with Crippen molar-refractivity contribution in [3.05, 3.63) is 59.1 Å². The first-order valence-corrected chi connectivity index (χ1v) is 9.40. The molecule has 3 rings (SSSR count). The second-order valence-electron chi connectivity index (χ2n) is 5.02. The van der Waals surface area contributed by atoms with Crippen LogP contribution >= 0.6 is 33.9 Å². The summed E-state index contributed by atoms with van der Waals surface area (Å²) in [4.78, 5) is 13.1. The maximum absolute atomic E-state index is 13.0. The lowest BCUT2D eigenvalue weighted by atomic mass is 10.3. The third-order valence-corrected chi connectivity index (χ3v) is 5.05. The van der Waals surface area contributed by atoms with Crippen LogP contribution in [0.25, 0.3) is 10.6 Å². The van der Waals surface area contributed by atoms with Crippen LogP contribution in [0.2, 0.25) is 0 Å². The molecule has 3 aromatic rings. The van der Waals surface area contributed by atoms with Gasteiger partial charge in [-0.05, 0) is 30.3 Å². The minimum absolute atomic E-state index is 0.0827. The summed E-state index contributed by atoms with van der Waals surface area (Å²) >= 11 is 2.92. The van der Waals surface area contributed by atoms with Crippen LogP contribution in [0.4, 0.5) is 18.9 Å². The van der Waals surface area contributed by atoms with Crippen molar-refractivity contribution in [2.45, 2.75) is 10.7 Å². The number of para-hydroxylation sites is 1. The highest BCUT2D eigenvalue weighted by molar-refractivity contribution is 14.1. The molecule has 0 saturated carbocycles. The lowest BCUT2D eigenvalue weighted by Crippen LogP contribution is -2.12. The zero-order valence-electron chi connectivity index (χ0n) is 12.5. The van der Waals surface area contributed by atoms with Crippen molar-refractivity contribution in [3.63, 3.8) is 0 Å². The molecule has 9 heteroatoms. The van der Waals surface area contributed by atoms with Crippen LogP contribution in [0.5, 0.6) is 0 Å². The molecule has 0 bridgehead atoms. The number of carbonyl (C=O) groups excluding carboxylic acids is 1. The summed E-state index contributed by atoms with van der Waals surface area (Å²) in [5, 5.41) is 6.73. The highest BCUT2D eigenvalue weighted by atomic mass is 127. The van der Waals surface area contributed by atoms with Crippen molar-refractivity contribution in [2.24, 2.45) is 0 Å². The first-order chi connectivity index (χ1) is 11.9. The Hall–Kier alpha value is -1.88. The predicted molar refractivity (Wildman–Crippen MR) is 99.0 cm³/mol. The highest BCUT2D eigenvalue weighted by Crippen LogP contribution is 2.35. The highest BCUT2D eigenvalue weighted by Gasteiger charge is 2.35. The summed E-state index contributed by atoms with van der Waals surface area (Å²) in [6, 6.07) is 13.1. The largest absolute Gasteiger partial charge is 0.433 e. The topological polar surface area (TPSA) is 46.9 Å². The minimum Gasteiger partial charge on any atom is -0.321 e. The number of carbonyl (C=O) groups is 1. The van der Waals surface area contributed by atoms with E-state index in [1.165, 1.54) is 0 Å². The fraction of sp³-hybridized carbons (Fsp3) is 0.125. The second-order valence-corrected chi connectivity index (χ2v) is 6.78. The van der Waals surface area contributed by atoms with E-state index in [4.69, 9.17) is 0 Å². The van der Waals surface area contributed by atoms with E-state index in [1.54, 1.807) is 36.4 Å². The molecule has 1 aromatic carbocycles. The summed E-state index contributed by atoms with van der Waals surface area (Å²) in [6.07, 6.45) is -4.47. The lowest BCUT2D eigenvalue weighted by molar-refractivity contribution is -0.143. The number of thiophene rings is 1. The predicted octanol–water partition coefficient (Wildman–Crippen LogP) is 5.28.